The number of aryl methyl sites for hydroxylation is 3. The summed E-state index contributed by atoms with van der Waals surface area (Å²) in [5.74, 6) is 0. The first-order chi connectivity index (χ1) is 14.0. The molecule has 0 aliphatic rings. The van der Waals surface area contributed by atoms with E-state index in [1.807, 2.05) is 0 Å². The lowest BCUT2D eigenvalue weighted by molar-refractivity contribution is 1.03. The van der Waals surface area contributed by atoms with Gasteiger partial charge in [0.2, 0.25) is 0 Å². The van der Waals surface area contributed by atoms with Gasteiger partial charge >= 0.3 is 0 Å². The average molecular weight is 373 g/mol. The van der Waals surface area contributed by atoms with E-state index >= 15 is 0 Å². The van der Waals surface area contributed by atoms with E-state index in [1.165, 1.54) is 71.3 Å². The molecule has 1 aromatic heterocycles. The molecule has 0 amide bonds. The van der Waals surface area contributed by atoms with Crippen LogP contribution in [0.4, 0.5) is 0 Å². The van der Waals surface area contributed by atoms with Crippen LogP contribution in [0.2, 0.25) is 0 Å². The van der Waals surface area contributed by atoms with Crippen molar-refractivity contribution in [1.82, 2.24) is 4.57 Å². The Morgan fingerprint density at radius 2 is 1.24 bits per heavy atom. The van der Waals surface area contributed by atoms with Crippen LogP contribution < -0.4 is 0 Å². The molecule has 0 radical (unpaired) electrons. The molecule has 0 saturated carbocycles. The Bertz CT molecular complexity index is 1540. The quantitative estimate of drug-likeness (QED) is 0.260. The SMILES string of the molecule is Cc1cc(C)cc(-n2c(C)c(C)c3c4ccc5cccc6ccc(cc32)c4c65)c1. The maximum absolute atomic E-state index is 2.44. The van der Waals surface area contributed by atoms with E-state index in [-0.39, 0.29) is 0 Å². The minimum atomic E-state index is 1.26. The first-order valence-corrected chi connectivity index (χ1v) is 10.3. The van der Waals surface area contributed by atoms with Crippen molar-refractivity contribution in [2.75, 3.05) is 0 Å². The summed E-state index contributed by atoms with van der Waals surface area (Å²) in [6.07, 6.45) is 0. The zero-order valence-electron chi connectivity index (χ0n) is 17.3. The molecule has 0 fully saturated rings. The Labute approximate surface area is 170 Å². The number of fused-ring (bicyclic) bond motifs is 2. The van der Waals surface area contributed by atoms with Crippen molar-refractivity contribution >= 4 is 43.2 Å². The number of aromatic nitrogens is 1. The molecular formula is C28H23N. The highest BCUT2D eigenvalue weighted by Crippen LogP contribution is 2.41. The highest BCUT2D eigenvalue weighted by molar-refractivity contribution is 6.29. The van der Waals surface area contributed by atoms with Crippen molar-refractivity contribution in [2.24, 2.45) is 0 Å². The molecule has 1 heteroatoms. The summed E-state index contributed by atoms with van der Waals surface area (Å²) in [5.41, 5.74) is 7.85. The van der Waals surface area contributed by atoms with Gasteiger partial charge in [-0.15, -0.1) is 0 Å². The monoisotopic (exact) mass is 373 g/mol. The van der Waals surface area contributed by atoms with Crippen LogP contribution in [0.25, 0.3) is 48.9 Å². The van der Waals surface area contributed by atoms with Gasteiger partial charge in [-0.3, -0.25) is 0 Å². The van der Waals surface area contributed by atoms with Crippen molar-refractivity contribution in [2.45, 2.75) is 27.7 Å². The molecule has 6 aromatic rings. The van der Waals surface area contributed by atoms with Crippen LogP contribution in [0.3, 0.4) is 0 Å². The highest BCUT2D eigenvalue weighted by Gasteiger charge is 2.18. The van der Waals surface area contributed by atoms with Gasteiger partial charge in [-0.25, -0.2) is 0 Å². The van der Waals surface area contributed by atoms with Gasteiger partial charge in [-0.05, 0) is 94.9 Å². The molecule has 5 aromatic carbocycles. The van der Waals surface area contributed by atoms with Crippen LogP contribution in [-0.4, -0.2) is 4.57 Å². The first kappa shape index (κ1) is 16.6. The lowest BCUT2D eigenvalue weighted by atomic mass is 9.92. The van der Waals surface area contributed by atoms with Crippen molar-refractivity contribution in [3.63, 3.8) is 0 Å². The van der Waals surface area contributed by atoms with Crippen LogP contribution in [-0.2, 0) is 0 Å². The van der Waals surface area contributed by atoms with Crippen LogP contribution in [0.5, 0.6) is 0 Å². The normalized spacial score (nSPS) is 12.1. The van der Waals surface area contributed by atoms with Crippen LogP contribution in [0, 0.1) is 27.7 Å². The summed E-state index contributed by atoms with van der Waals surface area (Å²) in [5, 5.41) is 9.50. The minimum absolute atomic E-state index is 1.26. The van der Waals surface area contributed by atoms with E-state index in [0.29, 0.717) is 0 Å². The van der Waals surface area contributed by atoms with Gasteiger partial charge in [-0.1, -0.05) is 48.5 Å². The Kier molecular flexibility index (Phi) is 3.21. The third-order valence-electron chi connectivity index (χ3n) is 6.59. The molecule has 1 nitrogen and oxygen atoms in total. The molecular weight excluding hydrogens is 350 g/mol. The fourth-order valence-corrected chi connectivity index (χ4v) is 5.31. The fraction of sp³-hybridized carbons (Fsp3) is 0.143. The van der Waals surface area contributed by atoms with Crippen molar-refractivity contribution < 1.29 is 0 Å². The summed E-state index contributed by atoms with van der Waals surface area (Å²) in [4.78, 5) is 0. The van der Waals surface area contributed by atoms with Gasteiger partial charge in [0.15, 0.2) is 0 Å². The number of nitrogens with zero attached hydrogens (tertiary/aromatic N) is 1. The van der Waals surface area contributed by atoms with Crippen molar-refractivity contribution in [3.05, 3.63) is 89.1 Å². The van der Waals surface area contributed by atoms with E-state index in [2.05, 4.69) is 99.0 Å². The molecule has 29 heavy (non-hydrogen) atoms. The second-order valence-corrected chi connectivity index (χ2v) is 8.52. The topological polar surface area (TPSA) is 4.93 Å². The summed E-state index contributed by atoms with van der Waals surface area (Å²) < 4.78 is 2.44. The van der Waals surface area contributed by atoms with E-state index in [0.717, 1.165) is 0 Å². The maximum Gasteiger partial charge on any atom is 0.0546 e. The Morgan fingerprint density at radius 3 is 1.97 bits per heavy atom. The predicted molar refractivity (Wildman–Crippen MR) is 126 cm³/mol. The molecule has 0 spiro atoms. The van der Waals surface area contributed by atoms with Crippen molar-refractivity contribution in [3.8, 4) is 5.69 Å². The standard InChI is InChI=1S/C28H23N/c1-16-12-17(2)14-23(13-16)29-19(4)18(3)26-24-11-10-21-7-5-6-20-8-9-22(15-25(26)29)28(24)27(20)21/h5-15H,1-4H3. The second kappa shape index (κ2) is 5.61. The molecule has 140 valence electrons. The summed E-state index contributed by atoms with van der Waals surface area (Å²) in [6.45, 7) is 8.88. The average Bonchev–Trinajstić information content (AvgIpc) is 2.95. The maximum atomic E-state index is 2.44. The van der Waals surface area contributed by atoms with Crippen LogP contribution in [0.15, 0.2) is 66.7 Å². The molecule has 0 saturated heterocycles. The zero-order chi connectivity index (χ0) is 19.9. The Morgan fingerprint density at radius 1 is 0.586 bits per heavy atom. The molecule has 0 aliphatic carbocycles. The Hall–Kier alpha value is -3.32. The van der Waals surface area contributed by atoms with E-state index in [9.17, 15) is 0 Å². The molecule has 0 bridgehead atoms. The lowest BCUT2D eigenvalue weighted by Gasteiger charge is -2.14. The van der Waals surface area contributed by atoms with E-state index in [4.69, 9.17) is 0 Å². The van der Waals surface area contributed by atoms with E-state index in [1.54, 1.807) is 0 Å². The van der Waals surface area contributed by atoms with E-state index < -0.39 is 0 Å². The number of hydrogen-bond donors (Lipinski definition) is 0. The third-order valence-corrected chi connectivity index (χ3v) is 6.59. The molecule has 0 N–H and O–H groups in total. The smallest absolute Gasteiger partial charge is 0.0546 e. The summed E-state index contributed by atoms with van der Waals surface area (Å²) in [6, 6.07) is 25.0. The predicted octanol–water partition coefficient (Wildman–Crippen LogP) is 7.76. The zero-order valence-corrected chi connectivity index (χ0v) is 17.3. The number of rotatable bonds is 1. The summed E-state index contributed by atoms with van der Waals surface area (Å²) in [7, 11) is 0. The van der Waals surface area contributed by atoms with Gasteiger partial charge < -0.3 is 4.57 Å². The molecule has 0 unspecified atom stereocenters. The minimum Gasteiger partial charge on any atom is -0.314 e. The fourth-order valence-electron chi connectivity index (χ4n) is 5.31. The largest absolute Gasteiger partial charge is 0.314 e. The van der Waals surface area contributed by atoms with Gasteiger partial charge in [0.25, 0.3) is 0 Å². The van der Waals surface area contributed by atoms with Gasteiger partial charge in [-0.2, -0.15) is 0 Å². The van der Waals surface area contributed by atoms with Gasteiger partial charge in [0.1, 0.15) is 0 Å². The number of benzene rings is 5. The van der Waals surface area contributed by atoms with Gasteiger partial charge in [0.05, 0.1) is 5.52 Å². The second-order valence-electron chi connectivity index (χ2n) is 8.52. The molecule has 0 aliphatic heterocycles. The lowest BCUT2D eigenvalue weighted by Crippen LogP contribution is -1.98. The third kappa shape index (κ3) is 2.16. The van der Waals surface area contributed by atoms with Gasteiger partial charge in [0, 0.05) is 16.8 Å². The van der Waals surface area contributed by atoms with Crippen LogP contribution >= 0.6 is 0 Å². The molecule has 0 atom stereocenters. The molecule has 1 heterocycles. The summed E-state index contributed by atoms with van der Waals surface area (Å²) >= 11 is 0. The Balaban J connectivity index is 1.85. The molecule has 6 rings (SSSR count). The van der Waals surface area contributed by atoms with Crippen LogP contribution in [0.1, 0.15) is 22.4 Å². The first-order valence-electron chi connectivity index (χ1n) is 10.3. The number of hydrogen-bond acceptors (Lipinski definition) is 0. The van der Waals surface area contributed by atoms with Crippen molar-refractivity contribution in [1.29, 1.82) is 0 Å². The highest BCUT2D eigenvalue weighted by atomic mass is 15.0.